The summed E-state index contributed by atoms with van der Waals surface area (Å²) in [5, 5.41) is 17.1. The maximum absolute atomic E-state index is 12.3. The average Bonchev–Trinajstić information content (AvgIpc) is 3.17. The number of amides is 2. The number of hydrogen-bond donors (Lipinski definition) is 3. The molecule has 0 saturated heterocycles. The minimum atomic E-state index is -0.251. The molecule has 3 N–H and O–H groups in total. The number of nitrogens with one attached hydrogen (secondary N) is 2. The first-order valence-electron chi connectivity index (χ1n) is 9.50. The van der Waals surface area contributed by atoms with Crippen LogP contribution in [0.3, 0.4) is 0 Å². The number of nitrogens with zero attached hydrogens (tertiary/aromatic N) is 1. The van der Waals surface area contributed by atoms with Crippen molar-refractivity contribution in [2.45, 2.75) is 23.4 Å². The molecule has 1 heterocycles. The summed E-state index contributed by atoms with van der Waals surface area (Å²) in [6, 6.07) is 13.7. The maximum atomic E-state index is 12.3. The molecule has 0 aliphatic heterocycles. The number of carbonyl (C=O) groups excluding carboxylic acids is 2. The average molecular weight is 442 g/mol. The van der Waals surface area contributed by atoms with Gasteiger partial charge in [-0.2, -0.15) is 0 Å². The monoisotopic (exact) mass is 441 g/mol. The molecule has 0 spiro atoms. The normalized spacial score (nSPS) is 10.6. The molecule has 0 atom stereocenters. The highest BCUT2D eigenvalue weighted by Gasteiger charge is 2.07. The van der Waals surface area contributed by atoms with Crippen LogP contribution in [-0.2, 0) is 5.75 Å². The molecule has 30 heavy (non-hydrogen) atoms. The second-order valence-electron chi connectivity index (χ2n) is 6.66. The van der Waals surface area contributed by atoms with Crippen molar-refractivity contribution in [2.24, 2.45) is 0 Å². The number of aromatic hydroxyl groups is 1. The number of phenols is 1. The number of aromatic nitrogens is 1. The van der Waals surface area contributed by atoms with Gasteiger partial charge in [0.25, 0.3) is 11.8 Å². The Morgan fingerprint density at radius 3 is 2.37 bits per heavy atom. The van der Waals surface area contributed by atoms with Gasteiger partial charge in [0.05, 0.1) is 0 Å². The Labute approximate surface area is 183 Å². The summed E-state index contributed by atoms with van der Waals surface area (Å²) in [6.45, 7) is 2.87. The molecule has 2 aromatic carbocycles. The zero-order valence-corrected chi connectivity index (χ0v) is 18.2. The topological polar surface area (TPSA) is 91.3 Å². The van der Waals surface area contributed by atoms with Crippen molar-refractivity contribution >= 4 is 34.9 Å². The van der Waals surface area contributed by atoms with Gasteiger partial charge in [-0.05, 0) is 49.2 Å². The lowest BCUT2D eigenvalue weighted by Crippen LogP contribution is -2.29. The summed E-state index contributed by atoms with van der Waals surface area (Å²) in [5.74, 6) is 0.480. The highest BCUT2D eigenvalue weighted by atomic mass is 32.2. The van der Waals surface area contributed by atoms with Crippen LogP contribution in [0.15, 0.2) is 58.3 Å². The van der Waals surface area contributed by atoms with E-state index in [-0.39, 0.29) is 17.6 Å². The van der Waals surface area contributed by atoms with Gasteiger partial charge in [-0.25, -0.2) is 4.98 Å². The van der Waals surface area contributed by atoms with E-state index in [4.69, 9.17) is 0 Å². The van der Waals surface area contributed by atoms with Gasteiger partial charge in [-0.1, -0.05) is 30.0 Å². The molecule has 156 valence electrons. The standard InChI is InChI=1S/C22H23N3O3S2/c1-15-13-29-22(25-15)30-14-16-6-8-17(9-7-16)20(27)23-10-3-11-24-21(28)18-4-2-5-19(26)12-18/h2,4-9,12-13,26H,3,10-11,14H2,1H3,(H,23,27)(H,24,28). The summed E-state index contributed by atoms with van der Waals surface area (Å²) in [4.78, 5) is 28.7. The molecule has 3 rings (SSSR count). The first kappa shape index (κ1) is 21.9. The summed E-state index contributed by atoms with van der Waals surface area (Å²) in [7, 11) is 0. The predicted octanol–water partition coefficient (Wildman–Crippen LogP) is 4.00. The first-order valence-corrected chi connectivity index (χ1v) is 11.4. The Hall–Kier alpha value is -2.84. The van der Waals surface area contributed by atoms with E-state index in [0.717, 1.165) is 21.3 Å². The van der Waals surface area contributed by atoms with E-state index in [2.05, 4.69) is 15.6 Å². The lowest BCUT2D eigenvalue weighted by atomic mass is 10.1. The van der Waals surface area contributed by atoms with Crippen molar-refractivity contribution in [3.8, 4) is 5.75 Å². The predicted molar refractivity (Wildman–Crippen MR) is 120 cm³/mol. The first-order chi connectivity index (χ1) is 14.5. The van der Waals surface area contributed by atoms with Crippen LogP contribution in [0, 0.1) is 6.92 Å². The number of carbonyl (C=O) groups is 2. The van der Waals surface area contributed by atoms with Crippen LogP contribution in [-0.4, -0.2) is 35.0 Å². The molecule has 0 aliphatic rings. The van der Waals surface area contributed by atoms with Crippen molar-refractivity contribution in [1.29, 1.82) is 0 Å². The third-order valence-electron chi connectivity index (χ3n) is 4.21. The van der Waals surface area contributed by atoms with Gasteiger partial charge in [-0.15, -0.1) is 11.3 Å². The van der Waals surface area contributed by atoms with Gasteiger partial charge in [0.1, 0.15) is 10.1 Å². The van der Waals surface area contributed by atoms with E-state index in [9.17, 15) is 14.7 Å². The highest BCUT2D eigenvalue weighted by Crippen LogP contribution is 2.26. The number of rotatable bonds is 9. The highest BCUT2D eigenvalue weighted by molar-refractivity contribution is 8.00. The van der Waals surface area contributed by atoms with E-state index in [1.165, 1.54) is 12.1 Å². The molecule has 0 saturated carbocycles. The molecule has 1 aromatic heterocycles. The summed E-state index contributed by atoms with van der Waals surface area (Å²) in [5.41, 5.74) is 3.19. The molecule has 0 bridgehead atoms. The van der Waals surface area contributed by atoms with Gasteiger partial charge >= 0.3 is 0 Å². The van der Waals surface area contributed by atoms with Crippen LogP contribution >= 0.6 is 23.1 Å². The molecule has 0 unspecified atom stereocenters. The smallest absolute Gasteiger partial charge is 0.251 e. The van der Waals surface area contributed by atoms with Crippen LogP contribution < -0.4 is 10.6 Å². The number of thioether (sulfide) groups is 1. The Balaban J connectivity index is 1.36. The summed E-state index contributed by atoms with van der Waals surface area (Å²) >= 11 is 3.33. The molecular weight excluding hydrogens is 418 g/mol. The van der Waals surface area contributed by atoms with Gasteiger partial charge < -0.3 is 15.7 Å². The van der Waals surface area contributed by atoms with Crippen LogP contribution in [0.25, 0.3) is 0 Å². The number of aryl methyl sites for hydroxylation is 1. The minimum absolute atomic E-state index is 0.0535. The van der Waals surface area contributed by atoms with Gasteiger partial charge in [0, 0.05) is 41.0 Å². The third-order valence-corrected chi connectivity index (χ3v) is 6.42. The second kappa shape index (κ2) is 10.8. The zero-order valence-electron chi connectivity index (χ0n) is 16.6. The van der Waals surface area contributed by atoms with Crippen LogP contribution in [0.4, 0.5) is 0 Å². The Morgan fingerprint density at radius 2 is 1.73 bits per heavy atom. The fraction of sp³-hybridized carbons (Fsp3) is 0.227. The van der Waals surface area contributed by atoms with E-state index in [1.807, 2.05) is 36.6 Å². The molecule has 0 radical (unpaired) electrons. The van der Waals surface area contributed by atoms with Crippen molar-refractivity contribution in [2.75, 3.05) is 13.1 Å². The minimum Gasteiger partial charge on any atom is -0.508 e. The maximum Gasteiger partial charge on any atom is 0.251 e. The van der Waals surface area contributed by atoms with Gasteiger partial charge in [-0.3, -0.25) is 9.59 Å². The van der Waals surface area contributed by atoms with Crippen LogP contribution in [0.2, 0.25) is 0 Å². The molecule has 0 fully saturated rings. The number of thiazole rings is 1. The quantitative estimate of drug-likeness (QED) is 0.345. The Bertz CT molecular complexity index is 1000. The van der Waals surface area contributed by atoms with Crippen LogP contribution in [0.1, 0.15) is 38.4 Å². The van der Waals surface area contributed by atoms with Crippen molar-refractivity contribution in [1.82, 2.24) is 15.6 Å². The van der Waals surface area contributed by atoms with Crippen molar-refractivity contribution in [3.05, 3.63) is 76.3 Å². The molecule has 6 nitrogen and oxygen atoms in total. The van der Waals surface area contributed by atoms with E-state index < -0.39 is 0 Å². The molecule has 0 aliphatic carbocycles. The number of benzene rings is 2. The number of hydrogen-bond acceptors (Lipinski definition) is 6. The second-order valence-corrected chi connectivity index (χ2v) is 8.74. The SMILES string of the molecule is Cc1csc(SCc2ccc(C(=O)NCCCNC(=O)c3cccc(O)c3)cc2)n1. The molecule has 3 aromatic rings. The van der Waals surface area contributed by atoms with E-state index in [0.29, 0.717) is 30.6 Å². The zero-order chi connectivity index (χ0) is 21.3. The van der Waals surface area contributed by atoms with E-state index in [1.54, 1.807) is 35.2 Å². The fourth-order valence-electron chi connectivity index (χ4n) is 2.64. The molecular formula is C22H23N3O3S2. The lowest BCUT2D eigenvalue weighted by molar-refractivity contribution is 0.0951. The van der Waals surface area contributed by atoms with Gasteiger partial charge in [0.15, 0.2) is 0 Å². The van der Waals surface area contributed by atoms with Gasteiger partial charge in [0.2, 0.25) is 0 Å². The van der Waals surface area contributed by atoms with E-state index >= 15 is 0 Å². The summed E-state index contributed by atoms with van der Waals surface area (Å²) in [6.07, 6.45) is 0.609. The Kier molecular flexibility index (Phi) is 7.87. The molecule has 2 amide bonds. The lowest BCUT2D eigenvalue weighted by Gasteiger charge is -2.08. The third kappa shape index (κ3) is 6.60. The van der Waals surface area contributed by atoms with Crippen molar-refractivity contribution in [3.63, 3.8) is 0 Å². The Morgan fingerprint density at radius 1 is 1.03 bits per heavy atom. The summed E-state index contributed by atoms with van der Waals surface area (Å²) < 4.78 is 1.05. The van der Waals surface area contributed by atoms with Crippen LogP contribution in [0.5, 0.6) is 5.75 Å². The fourth-order valence-corrected chi connectivity index (χ4v) is 4.44. The largest absolute Gasteiger partial charge is 0.508 e. The molecule has 8 heteroatoms. The number of phenolic OH excluding ortho intramolecular Hbond substituents is 1. The van der Waals surface area contributed by atoms with Crippen molar-refractivity contribution < 1.29 is 14.7 Å².